The van der Waals surface area contributed by atoms with Crippen LogP contribution in [-0.2, 0) is 4.79 Å². The zero-order valence-corrected chi connectivity index (χ0v) is 16.3. The van der Waals surface area contributed by atoms with Crippen LogP contribution in [0.5, 0.6) is 0 Å². The second-order valence-electron chi connectivity index (χ2n) is 6.18. The summed E-state index contributed by atoms with van der Waals surface area (Å²) in [7, 11) is 0. The number of carbonyl (C=O) groups excluding carboxylic acids is 2. The molecule has 0 saturated carbocycles. The molecule has 2 amide bonds. The fourth-order valence-electron chi connectivity index (χ4n) is 2.56. The van der Waals surface area contributed by atoms with Crippen molar-refractivity contribution in [1.82, 2.24) is 10.3 Å². The Bertz CT molecular complexity index is 1030. The highest BCUT2D eigenvalue weighted by molar-refractivity contribution is 7.14. The van der Waals surface area contributed by atoms with Gasteiger partial charge in [-0.1, -0.05) is 12.1 Å². The van der Waals surface area contributed by atoms with E-state index in [0.29, 0.717) is 34.9 Å². The molecule has 0 radical (unpaired) electrons. The molecule has 0 unspecified atom stereocenters. The van der Waals surface area contributed by atoms with Gasteiger partial charge in [0.05, 0.1) is 16.9 Å². The van der Waals surface area contributed by atoms with Crippen molar-refractivity contribution in [3.05, 3.63) is 63.4 Å². The molecule has 9 nitrogen and oxygen atoms in total. The van der Waals surface area contributed by atoms with E-state index in [1.54, 1.807) is 36.6 Å². The molecule has 3 aromatic rings. The number of rotatable bonds is 8. The summed E-state index contributed by atoms with van der Waals surface area (Å²) in [5.74, 6) is -0.332. The number of nitro groups is 1. The molecule has 0 fully saturated rings. The summed E-state index contributed by atoms with van der Waals surface area (Å²) in [6.45, 7) is 2.01. The highest BCUT2D eigenvalue weighted by Gasteiger charge is 2.14. The van der Waals surface area contributed by atoms with Crippen molar-refractivity contribution in [2.45, 2.75) is 19.8 Å². The molecule has 29 heavy (non-hydrogen) atoms. The molecule has 10 heteroatoms. The monoisotopic (exact) mass is 414 g/mol. The molecular weight excluding hydrogens is 396 g/mol. The van der Waals surface area contributed by atoms with E-state index in [1.165, 1.54) is 23.7 Å². The average Bonchev–Trinajstić information content (AvgIpc) is 3.37. The van der Waals surface area contributed by atoms with Gasteiger partial charge in [0.1, 0.15) is 0 Å². The summed E-state index contributed by atoms with van der Waals surface area (Å²) in [6, 6.07) is 8.08. The van der Waals surface area contributed by atoms with Crippen LogP contribution in [0.2, 0.25) is 0 Å². The van der Waals surface area contributed by atoms with Gasteiger partial charge in [0.25, 0.3) is 11.6 Å². The lowest BCUT2D eigenvalue weighted by Crippen LogP contribution is -2.25. The number of hydrogen-bond acceptors (Lipinski definition) is 7. The summed E-state index contributed by atoms with van der Waals surface area (Å²) in [4.78, 5) is 38.7. The zero-order valence-electron chi connectivity index (χ0n) is 15.5. The predicted octanol–water partition coefficient (Wildman–Crippen LogP) is 3.77. The Morgan fingerprint density at radius 3 is 2.86 bits per heavy atom. The Morgan fingerprint density at radius 1 is 1.31 bits per heavy atom. The van der Waals surface area contributed by atoms with Gasteiger partial charge >= 0.3 is 0 Å². The van der Waals surface area contributed by atoms with E-state index in [4.69, 9.17) is 4.42 Å². The summed E-state index contributed by atoms with van der Waals surface area (Å²) in [5.41, 5.74) is 1.76. The maximum absolute atomic E-state index is 12.1. The first-order chi connectivity index (χ1) is 13.9. The number of furan rings is 1. The Hall–Kier alpha value is -3.53. The number of nitrogens with zero attached hydrogens (tertiary/aromatic N) is 2. The number of anilines is 1. The molecular formula is C19H18N4O5S. The molecule has 1 aromatic carbocycles. The van der Waals surface area contributed by atoms with Crippen molar-refractivity contribution in [2.24, 2.45) is 0 Å². The molecule has 2 heterocycles. The van der Waals surface area contributed by atoms with Crippen LogP contribution in [0.3, 0.4) is 0 Å². The van der Waals surface area contributed by atoms with Crippen LogP contribution in [0, 0.1) is 17.0 Å². The van der Waals surface area contributed by atoms with Crippen molar-refractivity contribution in [1.29, 1.82) is 0 Å². The lowest BCUT2D eigenvalue weighted by atomic mass is 10.1. The van der Waals surface area contributed by atoms with Crippen molar-refractivity contribution in [3.63, 3.8) is 0 Å². The molecule has 3 rings (SSSR count). The first kappa shape index (κ1) is 20.2. The highest BCUT2D eigenvalue weighted by Crippen LogP contribution is 2.29. The van der Waals surface area contributed by atoms with Gasteiger partial charge in [0.15, 0.2) is 10.9 Å². The van der Waals surface area contributed by atoms with Crippen molar-refractivity contribution in [2.75, 3.05) is 11.9 Å². The number of benzene rings is 1. The molecule has 0 aliphatic rings. The SMILES string of the molecule is Cc1ccc(-c2csc(NC(=O)CCCNC(=O)c3ccco3)n2)cc1[N+](=O)[O-]. The lowest BCUT2D eigenvalue weighted by molar-refractivity contribution is -0.385. The van der Waals surface area contributed by atoms with Crippen molar-refractivity contribution < 1.29 is 18.9 Å². The number of aromatic nitrogens is 1. The van der Waals surface area contributed by atoms with Gasteiger partial charge in [0, 0.05) is 35.5 Å². The number of hydrogen-bond donors (Lipinski definition) is 2. The second-order valence-corrected chi connectivity index (χ2v) is 7.04. The minimum absolute atomic E-state index is 0.0256. The van der Waals surface area contributed by atoms with Crippen molar-refractivity contribution >= 4 is 34.0 Å². The Kier molecular flexibility index (Phi) is 6.35. The minimum atomic E-state index is -0.432. The molecule has 0 bridgehead atoms. The third kappa shape index (κ3) is 5.26. The Labute approximate surface area is 169 Å². The normalized spacial score (nSPS) is 10.5. The van der Waals surface area contributed by atoms with E-state index < -0.39 is 4.92 Å². The van der Waals surface area contributed by atoms with Crippen LogP contribution in [0.25, 0.3) is 11.3 Å². The first-order valence-corrected chi connectivity index (χ1v) is 9.64. The molecule has 0 spiro atoms. The zero-order chi connectivity index (χ0) is 20.8. The number of aryl methyl sites for hydroxylation is 1. The van der Waals surface area contributed by atoms with E-state index in [2.05, 4.69) is 15.6 Å². The van der Waals surface area contributed by atoms with Crippen molar-refractivity contribution in [3.8, 4) is 11.3 Å². The predicted molar refractivity (Wildman–Crippen MR) is 108 cm³/mol. The second kappa shape index (κ2) is 9.11. The summed E-state index contributed by atoms with van der Waals surface area (Å²) < 4.78 is 4.98. The average molecular weight is 414 g/mol. The molecule has 2 aromatic heterocycles. The van der Waals surface area contributed by atoms with Gasteiger partial charge in [-0.25, -0.2) is 4.98 Å². The maximum atomic E-state index is 12.1. The van der Waals surface area contributed by atoms with E-state index in [0.717, 1.165) is 0 Å². The van der Waals surface area contributed by atoms with E-state index in [-0.39, 0.29) is 29.7 Å². The van der Waals surface area contributed by atoms with Gasteiger partial charge in [-0.2, -0.15) is 0 Å². The number of nitro benzene ring substituents is 1. The molecule has 0 aliphatic heterocycles. The third-order valence-electron chi connectivity index (χ3n) is 4.06. The van der Waals surface area contributed by atoms with Gasteiger partial charge in [0.2, 0.25) is 5.91 Å². The number of carbonyl (C=O) groups is 2. The van der Waals surface area contributed by atoms with E-state index in [1.807, 2.05) is 0 Å². The van der Waals surface area contributed by atoms with E-state index in [9.17, 15) is 19.7 Å². The lowest BCUT2D eigenvalue weighted by Gasteiger charge is -2.04. The number of amides is 2. The largest absolute Gasteiger partial charge is 0.459 e. The summed E-state index contributed by atoms with van der Waals surface area (Å²) in [5, 5.41) is 18.6. The smallest absolute Gasteiger partial charge is 0.286 e. The van der Waals surface area contributed by atoms with Gasteiger partial charge in [-0.05, 0) is 25.5 Å². The van der Waals surface area contributed by atoms with Crippen LogP contribution < -0.4 is 10.6 Å². The van der Waals surface area contributed by atoms with Crippen LogP contribution in [-0.4, -0.2) is 28.3 Å². The topological polar surface area (TPSA) is 127 Å². The van der Waals surface area contributed by atoms with Crippen LogP contribution in [0.15, 0.2) is 46.4 Å². The summed E-state index contributed by atoms with van der Waals surface area (Å²) >= 11 is 1.24. The minimum Gasteiger partial charge on any atom is -0.459 e. The quantitative estimate of drug-likeness (QED) is 0.328. The molecule has 0 aliphatic carbocycles. The van der Waals surface area contributed by atoms with Gasteiger partial charge in [-0.3, -0.25) is 19.7 Å². The molecule has 2 N–H and O–H groups in total. The Balaban J connectivity index is 1.49. The highest BCUT2D eigenvalue weighted by atomic mass is 32.1. The fourth-order valence-corrected chi connectivity index (χ4v) is 3.29. The Morgan fingerprint density at radius 2 is 2.14 bits per heavy atom. The molecule has 0 atom stereocenters. The molecule has 0 saturated heterocycles. The molecule has 150 valence electrons. The van der Waals surface area contributed by atoms with Gasteiger partial charge < -0.3 is 15.1 Å². The van der Waals surface area contributed by atoms with Crippen LogP contribution >= 0.6 is 11.3 Å². The standard InChI is InChI=1S/C19H18N4O5S/c1-12-6-7-13(10-15(12)23(26)27)14-11-29-19(21-14)22-17(24)5-2-8-20-18(25)16-4-3-9-28-16/h3-4,6-7,9-11H,2,5,8H2,1H3,(H,20,25)(H,21,22,24). The number of nitrogens with one attached hydrogen (secondary N) is 2. The number of thiazole rings is 1. The first-order valence-electron chi connectivity index (χ1n) is 8.76. The third-order valence-corrected chi connectivity index (χ3v) is 4.82. The van der Waals surface area contributed by atoms with Crippen LogP contribution in [0.1, 0.15) is 29.0 Å². The van der Waals surface area contributed by atoms with E-state index >= 15 is 0 Å². The summed E-state index contributed by atoms with van der Waals surface area (Å²) in [6.07, 6.45) is 2.09. The van der Waals surface area contributed by atoms with Crippen LogP contribution in [0.4, 0.5) is 10.8 Å². The van der Waals surface area contributed by atoms with Gasteiger partial charge in [-0.15, -0.1) is 11.3 Å². The fraction of sp³-hybridized carbons (Fsp3) is 0.211. The maximum Gasteiger partial charge on any atom is 0.286 e.